The van der Waals surface area contributed by atoms with Crippen molar-refractivity contribution >= 4 is 0 Å². The Morgan fingerprint density at radius 2 is 2.00 bits per heavy atom. The summed E-state index contributed by atoms with van der Waals surface area (Å²) in [6.45, 7) is 10.7. The third kappa shape index (κ3) is 4.74. The lowest BCUT2D eigenvalue weighted by Crippen LogP contribution is -2.39. The minimum atomic E-state index is 0.577. The van der Waals surface area contributed by atoms with E-state index in [-0.39, 0.29) is 0 Å². The van der Waals surface area contributed by atoms with Crippen LogP contribution in [0.3, 0.4) is 0 Å². The molecule has 2 heteroatoms. The van der Waals surface area contributed by atoms with Crippen LogP contribution in [-0.2, 0) is 0 Å². The average molecular weight is 289 g/mol. The van der Waals surface area contributed by atoms with Crippen LogP contribution in [0.2, 0.25) is 0 Å². The molecule has 0 saturated heterocycles. The van der Waals surface area contributed by atoms with Crippen molar-refractivity contribution in [3.8, 4) is 5.75 Å². The first-order valence-electron chi connectivity index (χ1n) is 8.54. The van der Waals surface area contributed by atoms with Crippen molar-refractivity contribution in [2.24, 2.45) is 5.92 Å². The molecule has 1 saturated carbocycles. The van der Waals surface area contributed by atoms with Crippen molar-refractivity contribution in [3.05, 3.63) is 29.3 Å². The molecule has 0 amide bonds. The zero-order valence-electron chi connectivity index (χ0n) is 14.1. The van der Waals surface area contributed by atoms with E-state index in [0.717, 1.165) is 24.8 Å². The van der Waals surface area contributed by atoms with Gasteiger partial charge >= 0.3 is 0 Å². The van der Waals surface area contributed by atoms with E-state index < -0.39 is 0 Å². The molecule has 1 aliphatic carbocycles. The molecular weight excluding hydrogens is 258 g/mol. The van der Waals surface area contributed by atoms with E-state index in [0.29, 0.717) is 12.0 Å². The fraction of sp³-hybridized carbons (Fsp3) is 0.684. The summed E-state index contributed by atoms with van der Waals surface area (Å²) in [4.78, 5) is 0. The molecule has 2 unspecified atom stereocenters. The van der Waals surface area contributed by atoms with E-state index in [1.165, 1.54) is 36.8 Å². The zero-order valence-corrected chi connectivity index (χ0v) is 14.1. The monoisotopic (exact) mass is 289 g/mol. The molecule has 2 atom stereocenters. The first kappa shape index (κ1) is 16.4. The van der Waals surface area contributed by atoms with Crippen LogP contribution in [0.5, 0.6) is 5.75 Å². The van der Waals surface area contributed by atoms with Gasteiger partial charge in [0.05, 0.1) is 0 Å². The van der Waals surface area contributed by atoms with Crippen LogP contribution < -0.4 is 10.1 Å². The molecule has 1 aliphatic rings. The number of benzene rings is 1. The molecule has 0 aliphatic heterocycles. The van der Waals surface area contributed by atoms with E-state index in [1.807, 2.05) is 0 Å². The van der Waals surface area contributed by atoms with Gasteiger partial charge in [0.1, 0.15) is 12.4 Å². The lowest BCUT2D eigenvalue weighted by molar-refractivity contribution is 0.251. The number of aryl methyl sites for hydroxylation is 1. The summed E-state index contributed by atoms with van der Waals surface area (Å²) in [5.41, 5.74) is 2.74. The van der Waals surface area contributed by atoms with Crippen molar-refractivity contribution < 1.29 is 4.74 Å². The summed E-state index contributed by atoms with van der Waals surface area (Å²) in [5.74, 6) is 2.38. The van der Waals surface area contributed by atoms with E-state index >= 15 is 0 Å². The van der Waals surface area contributed by atoms with Crippen molar-refractivity contribution in [2.75, 3.05) is 13.2 Å². The second kappa shape index (κ2) is 7.84. The maximum absolute atomic E-state index is 5.89. The van der Waals surface area contributed by atoms with Crippen molar-refractivity contribution in [1.29, 1.82) is 0 Å². The van der Waals surface area contributed by atoms with Gasteiger partial charge in [0, 0.05) is 12.6 Å². The molecule has 21 heavy (non-hydrogen) atoms. The van der Waals surface area contributed by atoms with Gasteiger partial charge in [-0.15, -0.1) is 0 Å². The lowest BCUT2D eigenvalue weighted by Gasteiger charge is -2.29. The van der Waals surface area contributed by atoms with E-state index in [2.05, 4.69) is 51.2 Å². The lowest BCUT2D eigenvalue weighted by atomic mass is 9.86. The van der Waals surface area contributed by atoms with Crippen LogP contribution in [-0.4, -0.2) is 19.2 Å². The SMILES string of the molecule is Cc1cc(OCCNC2CCCCC2C)ccc1C(C)C. The first-order chi connectivity index (χ1) is 10.1. The van der Waals surface area contributed by atoms with Crippen LogP contribution in [0.4, 0.5) is 0 Å². The second-order valence-electron chi connectivity index (χ2n) is 6.84. The number of ether oxygens (including phenoxy) is 1. The Balaban J connectivity index is 1.74. The maximum Gasteiger partial charge on any atom is 0.119 e. The Labute approximate surface area is 130 Å². The van der Waals surface area contributed by atoms with E-state index in [1.54, 1.807) is 0 Å². The van der Waals surface area contributed by atoms with Crippen LogP contribution in [0, 0.1) is 12.8 Å². The molecule has 0 spiro atoms. The molecule has 0 heterocycles. The van der Waals surface area contributed by atoms with Gasteiger partial charge in [0.2, 0.25) is 0 Å². The summed E-state index contributed by atoms with van der Waals surface area (Å²) < 4.78 is 5.89. The molecule has 1 aromatic rings. The minimum absolute atomic E-state index is 0.577. The third-order valence-electron chi connectivity index (χ3n) is 4.75. The van der Waals surface area contributed by atoms with Crippen molar-refractivity contribution in [3.63, 3.8) is 0 Å². The van der Waals surface area contributed by atoms with Crippen molar-refractivity contribution in [2.45, 2.75) is 65.3 Å². The average Bonchev–Trinajstić information content (AvgIpc) is 2.45. The quantitative estimate of drug-likeness (QED) is 0.769. The minimum Gasteiger partial charge on any atom is -0.492 e. The molecule has 0 aromatic heterocycles. The Kier molecular flexibility index (Phi) is 6.10. The molecule has 118 valence electrons. The van der Waals surface area contributed by atoms with Gasteiger partial charge in [0.25, 0.3) is 0 Å². The Morgan fingerprint density at radius 1 is 1.24 bits per heavy atom. The molecule has 2 rings (SSSR count). The van der Waals surface area contributed by atoms with E-state index in [4.69, 9.17) is 4.74 Å². The fourth-order valence-electron chi connectivity index (χ4n) is 3.42. The first-order valence-corrected chi connectivity index (χ1v) is 8.54. The molecule has 0 bridgehead atoms. The van der Waals surface area contributed by atoms with Gasteiger partial charge in [-0.05, 0) is 54.9 Å². The number of hydrogen-bond donors (Lipinski definition) is 1. The Bertz CT molecular complexity index is 441. The third-order valence-corrected chi connectivity index (χ3v) is 4.75. The number of rotatable bonds is 6. The van der Waals surface area contributed by atoms with Crippen molar-refractivity contribution in [1.82, 2.24) is 5.32 Å². The summed E-state index contributed by atoms with van der Waals surface area (Å²) in [7, 11) is 0. The number of nitrogens with one attached hydrogen (secondary N) is 1. The van der Waals surface area contributed by atoms with Crippen LogP contribution >= 0.6 is 0 Å². The standard InChI is InChI=1S/C19H31NO/c1-14(2)18-10-9-17(13-16(18)4)21-12-11-20-19-8-6-5-7-15(19)3/h9-10,13-15,19-20H,5-8,11-12H2,1-4H3. The summed E-state index contributed by atoms with van der Waals surface area (Å²) in [5, 5.41) is 3.66. The molecule has 1 aromatic carbocycles. The Morgan fingerprint density at radius 3 is 2.67 bits per heavy atom. The van der Waals surface area contributed by atoms with Gasteiger partial charge < -0.3 is 10.1 Å². The van der Waals surface area contributed by atoms with Crippen LogP contribution in [0.15, 0.2) is 18.2 Å². The fourth-order valence-corrected chi connectivity index (χ4v) is 3.42. The van der Waals surface area contributed by atoms with E-state index in [9.17, 15) is 0 Å². The molecular formula is C19H31NO. The highest BCUT2D eigenvalue weighted by Gasteiger charge is 2.20. The highest BCUT2D eigenvalue weighted by atomic mass is 16.5. The van der Waals surface area contributed by atoms with Gasteiger partial charge in [-0.25, -0.2) is 0 Å². The molecule has 1 N–H and O–H groups in total. The normalized spacial score (nSPS) is 22.5. The summed E-state index contributed by atoms with van der Waals surface area (Å²) >= 11 is 0. The Hall–Kier alpha value is -1.02. The predicted octanol–water partition coefficient (Wildman–Crippen LogP) is 4.67. The second-order valence-corrected chi connectivity index (χ2v) is 6.84. The van der Waals surface area contributed by atoms with Crippen LogP contribution in [0.1, 0.15) is 63.5 Å². The highest BCUT2D eigenvalue weighted by Crippen LogP contribution is 2.24. The molecule has 0 radical (unpaired) electrons. The summed E-state index contributed by atoms with van der Waals surface area (Å²) in [6, 6.07) is 7.16. The maximum atomic E-state index is 5.89. The topological polar surface area (TPSA) is 21.3 Å². The van der Waals surface area contributed by atoms with Gasteiger partial charge in [-0.3, -0.25) is 0 Å². The van der Waals surface area contributed by atoms with Gasteiger partial charge in [0.15, 0.2) is 0 Å². The van der Waals surface area contributed by atoms with Crippen LogP contribution in [0.25, 0.3) is 0 Å². The highest BCUT2D eigenvalue weighted by molar-refractivity contribution is 5.36. The van der Waals surface area contributed by atoms with Gasteiger partial charge in [-0.1, -0.05) is 39.7 Å². The molecule has 1 fully saturated rings. The smallest absolute Gasteiger partial charge is 0.119 e. The largest absolute Gasteiger partial charge is 0.492 e. The molecule has 2 nitrogen and oxygen atoms in total. The van der Waals surface area contributed by atoms with Gasteiger partial charge in [-0.2, -0.15) is 0 Å². The number of hydrogen-bond acceptors (Lipinski definition) is 2. The zero-order chi connectivity index (χ0) is 15.2. The predicted molar refractivity (Wildman–Crippen MR) is 90.2 cm³/mol. The summed E-state index contributed by atoms with van der Waals surface area (Å²) in [6.07, 6.45) is 5.47.